The summed E-state index contributed by atoms with van der Waals surface area (Å²) >= 11 is 6.28. The molecular weight excluding hydrogens is 288 g/mol. The van der Waals surface area contributed by atoms with Gasteiger partial charge < -0.3 is 9.64 Å². The van der Waals surface area contributed by atoms with Crippen LogP contribution < -0.4 is 0 Å². The van der Waals surface area contributed by atoms with Crippen LogP contribution in [0.1, 0.15) is 23.8 Å². The quantitative estimate of drug-likeness (QED) is 0.856. The smallest absolute Gasteiger partial charge is 0.272 e. The molecule has 1 atom stereocenters. The fourth-order valence-corrected chi connectivity index (χ4v) is 2.91. The molecule has 1 unspecified atom stereocenters. The molecule has 1 aliphatic rings. The molecule has 2 aromatic rings. The maximum Gasteiger partial charge on any atom is 0.272 e. The molecule has 0 bridgehead atoms. The Labute approximate surface area is 128 Å². The summed E-state index contributed by atoms with van der Waals surface area (Å²) in [5.74, 6) is -0.0715. The Morgan fingerprint density at radius 3 is 3.10 bits per heavy atom. The van der Waals surface area contributed by atoms with Crippen LogP contribution in [-0.2, 0) is 4.74 Å². The molecule has 1 aliphatic heterocycles. The van der Waals surface area contributed by atoms with Crippen molar-refractivity contribution in [3.8, 4) is 0 Å². The van der Waals surface area contributed by atoms with Gasteiger partial charge in [0, 0.05) is 11.9 Å². The number of rotatable bonds is 2. The highest BCUT2D eigenvalue weighted by molar-refractivity contribution is 6.35. The Hall–Kier alpha value is -1.65. The second-order valence-electron chi connectivity index (χ2n) is 5.14. The van der Waals surface area contributed by atoms with Crippen molar-refractivity contribution in [2.45, 2.75) is 19.4 Å². The van der Waals surface area contributed by atoms with E-state index in [4.69, 9.17) is 16.3 Å². The number of hydrogen-bond acceptors (Lipinski definition) is 3. The molecule has 0 spiro atoms. The molecule has 110 valence electrons. The first-order chi connectivity index (χ1) is 10.2. The lowest BCUT2D eigenvalue weighted by molar-refractivity contribution is -0.00308. The highest BCUT2D eigenvalue weighted by Gasteiger charge is 2.27. The third-order valence-electron chi connectivity index (χ3n) is 3.84. The van der Waals surface area contributed by atoms with Crippen molar-refractivity contribution in [1.82, 2.24) is 9.88 Å². The van der Waals surface area contributed by atoms with E-state index in [1.807, 2.05) is 29.2 Å². The minimum Gasteiger partial charge on any atom is -0.377 e. The van der Waals surface area contributed by atoms with Crippen LogP contribution in [-0.4, -0.2) is 41.6 Å². The lowest BCUT2D eigenvalue weighted by Crippen LogP contribution is -2.48. The maximum atomic E-state index is 12.7. The van der Waals surface area contributed by atoms with Gasteiger partial charge in [-0.2, -0.15) is 0 Å². The molecule has 1 saturated heterocycles. The van der Waals surface area contributed by atoms with E-state index >= 15 is 0 Å². The van der Waals surface area contributed by atoms with E-state index in [-0.39, 0.29) is 11.9 Å². The van der Waals surface area contributed by atoms with E-state index in [9.17, 15) is 4.79 Å². The first kappa shape index (κ1) is 14.3. The summed E-state index contributed by atoms with van der Waals surface area (Å²) in [6.07, 6.45) is 0.868. The number of carbonyl (C=O) groups excluding carboxylic acids is 1. The number of nitrogens with zero attached hydrogens (tertiary/aromatic N) is 2. The van der Waals surface area contributed by atoms with Crippen LogP contribution in [0.5, 0.6) is 0 Å². The van der Waals surface area contributed by atoms with E-state index in [0.29, 0.717) is 30.5 Å². The van der Waals surface area contributed by atoms with Crippen molar-refractivity contribution in [3.63, 3.8) is 0 Å². The summed E-state index contributed by atoms with van der Waals surface area (Å²) in [5.41, 5.74) is 1.15. The molecule has 4 nitrogen and oxygen atoms in total. The number of pyridine rings is 1. The van der Waals surface area contributed by atoms with Gasteiger partial charge >= 0.3 is 0 Å². The van der Waals surface area contributed by atoms with Crippen LogP contribution in [0.2, 0.25) is 5.02 Å². The number of morpholine rings is 1. The number of fused-ring (bicyclic) bond motifs is 1. The number of ether oxygens (including phenoxy) is 1. The maximum absolute atomic E-state index is 12.7. The van der Waals surface area contributed by atoms with E-state index < -0.39 is 0 Å². The Balaban J connectivity index is 1.97. The summed E-state index contributed by atoms with van der Waals surface area (Å²) in [5, 5.41) is 1.43. The zero-order chi connectivity index (χ0) is 14.8. The number of aromatic nitrogens is 1. The fourth-order valence-electron chi connectivity index (χ4n) is 2.65. The number of carbonyl (C=O) groups is 1. The number of para-hydroxylation sites is 1. The van der Waals surface area contributed by atoms with Gasteiger partial charge in [-0.3, -0.25) is 4.79 Å². The monoisotopic (exact) mass is 304 g/mol. The number of halogens is 1. The van der Waals surface area contributed by atoms with Gasteiger partial charge in [0.05, 0.1) is 29.8 Å². The van der Waals surface area contributed by atoms with E-state index in [1.165, 1.54) is 0 Å². The molecule has 1 fully saturated rings. The SMILES string of the molecule is CCC1COCCN1C(=O)c1cc(Cl)c2ccccc2n1. The van der Waals surface area contributed by atoms with Gasteiger partial charge in [-0.1, -0.05) is 36.7 Å². The fraction of sp³-hybridized carbons (Fsp3) is 0.375. The molecule has 3 rings (SSSR count). The normalized spacial score (nSPS) is 19.0. The van der Waals surface area contributed by atoms with Crippen LogP contribution in [0.4, 0.5) is 0 Å². The molecule has 0 radical (unpaired) electrons. The predicted octanol–water partition coefficient (Wildman–Crippen LogP) is 3.14. The van der Waals surface area contributed by atoms with Crippen LogP contribution >= 0.6 is 11.6 Å². The average Bonchev–Trinajstić information content (AvgIpc) is 2.54. The van der Waals surface area contributed by atoms with Gasteiger partial charge in [-0.15, -0.1) is 0 Å². The Morgan fingerprint density at radius 1 is 1.48 bits per heavy atom. The van der Waals surface area contributed by atoms with E-state index in [1.54, 1.807) is 6.07 Å². The molecule has 0 N–H and O–H groups in total. The van der Waals surface area contributed by atoms with Crippen LogP contribution in [0, 0.1) is 0 Å². The van der Waals surface area contributed by atoms with Crippen LogP contribution in [0.3, 0.4) is 0 Å². The Morgan fingerprint density at radius 2 is 2.29 bits per heavy atom. The van der Waals surface area contributed by atoms with Gasteiger partial charge in [0.15, 0.2) is 0 Å². The minimum atomic E-state index is -0.0715. The standard InChI is InChI=1S/C16H17ClN2O2/c1-2-11-10-21-8-7-19(11)16(20)15-9-13(17)12-5-3-4-6-14(12)18-15/h3-6,9,11H,2,7-8,10H2,1H3. The molecule has 1 aromatic heterocycles. The number of amides is 1. The number of benzene rings is 1. The predicted molar refractivity (Wildman–Crippen MR) is 82.7 cm³/mol. The van der Waals surface area contributed by atoms with Gasteiger partial charge in [0.1, 0.15) is 5.69 Å². The summed E-state index contributed by atoms with van der Waals surface area (Å²) in [6, 6.07) is 9.35. The Kier molecular flexibility index (Phi) is 4.08. The van der Waals surface area contributed by atoms with Gasteiger partial charge in [0.25, 0.3) is 5.91 Å². The molecule has 2 heterocycles. The molecule has 0 aliphatic carbocycles. The lowest BCUT2D eigenvalue weighted by Gasteiger charge is -2.34. The van der Waals surface area contributed by atoms with Crippen molar-refractivity contribution in [3.05, 3.63) is 41.0 Å². The van der Waals surface area contributed by atoms with Crippen LogP contribution in [0.25, 0.3) is 10.9 Å². The van der Waals surface area contributed by atoms with Crippen molar-refractivity contribution in [2.75, 3.05) is 19.8 Å². The van der Waals surface area contributed by atoms with Crippen molar-refractivity contribution >= 4 is 28.4 Å². The topological polar surface area (TPSA) is 42.4 Å². The molecule has 21 heavy (non-hydrogen) atoms. The highest BCUT2D eigenvalue weighted by Crippen LogP contribution is 2.24. The molecule has 1 aromatic carbocycles. The van der Waals surface area contributed by atoms with Crippen molar-refractivity contribution in [1.29, 1.82) is 0 Å². The molecule has 5 heteroatoms. The van der Waals surface area contributed by atoms with Gasteiger partial charge in [0.2, 0.25) is 0 Å². The highest BCUT2D eigenvalue weighted by atomic mass is 35.5. The second-order valence-corrected chi connectivity index (χ2v) is 5.55. The minimum absolute atomic E-state index is 0.0715. The summed E-state index contributed by atoms with van der Waals surface area (Å²) < 4.78 is 5.44. The zero-order valence-corrected chi connectivity index (χ0v) is 12.6. The first-order valence-corrected chi connectivity index (χ1v) is 7.52. The van der Waals surface area contributed by atoms with E-state index in [0.717, 1.165) is 17.3 Å². The van der Waals surface area contributed by atoms with Gasteiger partial charge in [-0.05, 0) is 18.6 Å². The lowest BCUT2D eigenvalue weighted by atomic mass is 10.1. The zero-order valence-electron chi connectivity index (χ0n) is 11.9. The van der Waals surface area contributed by atoms with Crippen LogP contribution in [0.15, 0.2) is 30.3 Å². The van der Waals surface area contributed by atoms with Gasteiger partial charge in [-0.25, -0.2) is 4.98 Å². The summed E-state index contributed by atoms with van der Waals surface area (Å²) in [4.78, 5) is 19.0. The molecule has 0 saturated carbocycles. The molecule has 1 amide bonds. The second kappa shape index (κ2) is 6.00. The Bertz CT molecular complexity index is 674. The first-order valence-electron chi connectivity index (χ1n) is 7.14. The largest absolute Gasteiger partial charge is 0.377 e. The third kappa shape index (κ3) is 2.74. The number of hydrogen-bond donors (Lipinski definition) is 0. The van der Waals surface area contributed by atoms with Crippen molar-refractivity contribution < 1.29 is 9.53 Å². The third-order valence-corrected chi connectivity index (χ3v) is 4.16. The summed E-state index contributed by atoms with van der Waals surface area (Å²) in [7, 11) is 0. The van der Waals surface area contributed by atoms with E-state index in [2.05, 4.69) is 11.9 Å². The van der Waals surface area contributed by atoms with Crippen molar-refractivity contribution in [2.24, 2.45) is 0 Å². The summed E-state index contributed by atoms with van der Waals surface area (Å²) in [6.45, 7) is 3.82. The molecular formula is C16H17ClN2O2. The average molecular weight is 305 g/mol.